The second-order valence-electron chi connectivity index (χ2n) is 6.24. The lowest BCUT2D eigenvalue weighted by Gasteiger charge is -2.11. The van der Waals surface area contributed by atoms with Crippen molar-refractivity contribution in [1.82, 2.24) is 10.3 Å². The van der Waals surface area contributed by atoms with Crippen molar-refractivity contribution in [2.75, 3.05) is 0 Å². The molecule has 4 atom stereocenters. The van der Waals surface area contributed by atoms with Gasteiger partial charge in [0, 0.05) is 12.2 Å². The van der Waals surface area contributed by atoms with Crippen LogP contribution in [0.4, 0.5) is 5.69 Å². The molecule has 2 bridgehead atoms. The molecule has 6 nitrogen and oxygen atoms in total. The van der Waals surface area contributed by atoms with Crippen molar-refractivity contribution in [2.45, 2.75) is 25.3 Å². The maximum atomic E-state index is 12.3. The SMILES string of the molecule is O=C(NC1C2C3CCC(C3)C12)c1ccnc(Cl)c1[N+](=O)[O-]. The van der Waals surface area contributed by atoms with E-state index in [9.17, 15) is 14.9 Å². The van der Waals surface area contributed by atoms with Crippen LogP contribution in [0.15, 0.2) is 12.3 Å². The molecule has 3 saturated carbocycles. The molecular formula is C14H14ClN3O3. The van der Waals surface area contributed by atoms with Gasteiger partial charge in [-0.1, -0.05) is 11.6 Å². The number of hydrogen-bond acceptors (Lipinski definition) is 4. The average Bonchev–Trinajstić information content (AvgIpc) is 2.83. The molecule has 0 spiro atoms. The van der Waals surface area contributed by atoms with Crippen molar-refractivity contribution in [1.29, 1.82) is 0 Å². The number of pyridine rings is 1. The quantitative estimate of drug-likeness (QED) is 0.528. The van der Waals surface area contributed by atoms with Crippen LogP contribution in [0, 0.1) is 33.8 Å². The molecule has 1 heterocycles. The van der Waals surface area contributed by atoms with E-state index in [4.69, 9.17) is 11.6 Å². The van der Waals surface area contributed by atoms with Gasteiger partial charge in [-0.2, -0.15) is 0 Å². The minimum atomic E-state index is -0.651. The molecule has 1 aromatic heterocycles. The lowest BCUT2D eigenvalue weighted by atomic mass is 10.0. The summed E-state index contributed by atoms with van der Waals surface area (Å²) in [5.41, 5.74) is -0.414. The Balaban J connectivity index is 1.54. The third-order valence-corrected chi connectivity index (χ3v) is 5.62. The van der Waals surface area contributed by atoms with Gasteiger partial charge in [0.2, 0.25) is 5.15 Å². The first-order chi connectivity index (χ1) is 10.1. The molecule has 7 heteroatoms. The third-order valence-electron chi connectivity index (χ3n) is 5.34. The van der Waals surface area contributed by atoms with Gasteiger partial charge < -0.3 is 5.32 Å². The fourth-order valence-corrected chi connectivity index (χ4v) is 4.76. The number of carbonyl (C=O) groups is 1. The van der Waals surface area contributed by atoms with Gasteiger partial charge >= 0.3 is 5.69 Å². The first-order valence-corrected chi connectivity index (χ1v) is 7.55. The third kappa shape index (κ3) is 1.85. The summed E-state index contributed by atoms with van der Waals surface area (Å²) in [6.07, 6.45) is 5.14. The zero-order chi connectivity index (χ0) is 14.7. The van der Waals surface area contributed by atoms with Crippen molar-refractivity contribution in [3.8, 4) is 0 Å². The molecule has 1 N–H and O–H groups in total. The minimum Gasteiger partial charge on any atom is -0.348 e. The Bertz CT molecular complexity index is 634. The molecule has 4 unspecified atom stereocenters. The molecule has 0 aliphatic heterocycles. The molecular weight excluding hydrogens is 294 g/mol. The summed E-state index contributed by atoms with van der Waals surface area (Å²) in [6, 6.07) is 1.54. The molecule has 3 aliphatic rings. The Hall–Kier alpha value is -1.69. The topological polar surface area (TPSA) is 85.1 Å². The first kappa shape index (κ1) is 13.0. The standard InChI is InChI=1S/C14H14ClN3O3/c15-13-12(18(20)21)8(3-4-16-13)14(19)17-11-9-6-1-2-7(5-6)10(9)11/h3-4,6-7,9-11H,1-2,5H2,(H,17,19). The molecule has 3 aliphatic carbocycles. The molecule has 4 rings (SSSR count). The number of carbonyl (C=O) groups excluding carboxylic acids is 1. The van der Waals surface area contributed by atoms with E-state index in [-0.39, 0.29) is 16.8 Å². The molecule has 21 heavy (non-hydrogen) atoms. The second-order valence-corrected chi connectivity index (χ2v) is 6.60. The highest BCUT2D eigenvalue weighted by atomic mass is 35.5. The summed E-state index contributed by atoms with van der Waals surface area (Å²) in [7, 11) is 0. The van der Waals surface area contributed by atoms with Crippen LogP contribution in [0.2, 0.25) is 5.15 Å². The molecule has 0 saturated heterocycles. The number of hydrogen-bond donors (Lipinski definition) is 1. The van der Waals surface area contributed by atoms with Crippen LogP contribution in [0.1, 0.15) is 29.6 Å². The summed E-state index contributed by atoms with van der Waals surface area (Å²) >= 11 is 5.74. The number of halogens is 1. The largest absolute Gasteiger partial charge is 0.348 e. The van der Waals surface area contributed by atoms with E-state index in [1.807, 2.05) is 0 Å². The van der Waals surface area contributed by atoms with Gasteiger partial charge in [-0.05, 0) is 49.0 Å². The number of nitro groups is 1. The van der Waals surface area contributed by atoms with Crippen molar-refractivity contribution in [3.63, 3.8) is 0 Å². The molecule has 0 aromatic carbocycles. The van der Waals surface area contributed by atoms with Crippen LogP contribution in [0.25, 0.3) is 0 Å². The number of rotatable bonds is 3. The number of aromatic nitrogens is 1. The monoisotopic (exact) mass is 307 g/mol. The lowest BCUT2D eigenvalue weighted by molar-refractivity contribution is -0.385. The highest BCUT2D eigenvalue weighted by Crippen LogP contribution is 2.65. The van der Waals surface area contributed by atoms with E-state index in [1.165, 1.54) is 31.5 Å². The molecule has 110 valence electrons. The van der Waals surface area contributed by atoms with Crippen molar-refractivity contribution in [2.24, 2.45) is 23.7 Å². The van der Waals surface area contributed by atoms with E-state index in [1.54, 1.807) is 0 Å². The second kappa shape index (κ2) is 4.40. The first-order valence-electron chi connectivity index (χ1n) is 7.17. The Morgan fingerprint density at radius 1 is 1.38 bits per heavy atom. The van der Waals surface area contributed by atoms with E-state index >= 15 is 0 Å². The van der Waals surface area contributed by atoms with E-state index in [0.717, 1.165) is 11.8 Å². The van der Waals surface area contributed by atoms with Gasteiger partial charge in [0.15, 0.2) is 0 Å². The maximum Gasteiger partial charge on any atom is 0.319 e. The van der Waals surface area contributed by atoms with Gasteiger partial charge in [0.05, 0.1) is 4.92 Å². The van der Waals surface area contributed by atoms with Gasteiger partial charge in [0.1, 0.15) is 5.56 Å². The van der Waals surface area contributed by atoms with Crippen LogP contribution < -0.4 is 5.32 Å². The van der Waals surface area contributed by atoms with Crippen LogP contribution in [-0.2, 0) is 0 Å². The predicted octanol–water partition coefficient (Wildman–Crippen LogP) is 2.42. The Morgan fingerprint density at radius 2 is 2.05 bits per heavy atom. The number of nitrogens with one attached hydrogen (secondary N) is 1. The van der Waals surface area contributed by atoms with E-state index in [0.29, 0.717) is 11.8 Å². The van der Waals surface area contributed by atoms with Gasteiger partial charge in [0.25, 0.3) is 5.91 Å². The number of amides is 1. The normalized spacial score (nSPS) is 35.4. The van der Waals surface area contributed by atoms with Crippen LogP contribution in [0.5, 0.6) is 0 Å². The molecule has 0 radical (unpaired) electrons. The van der Waals surface area contributed by atoms with E-state index in [2.05, 4.69) is 10.3 Å². The summed E-state index contributed by atoms with van der Waals surface area (Å²) in [6.45, 7) is 0. The summed E-state index contributed by atoms with van der Waals surface area (Å²) in [4.78, 5) is 26.4. The fourth-order valence-electron chi connectivity index (χ4n) is 4.53. The predicted molar refractivity (Wildman–Crippen MR) is 75.0 cm³/mol. The van der Waals surface area contributed by atoms with Crippen LogP contribution in [0.3, 0.4) is 0 Å². The van der Waals surface area contributed by atoms with Crippen molar-refractivity contribution < 1.29 is 9.72 Å². The smallest absolute Gasteiger partial charge is 0.319 e. The van der Waals surface area contributed by atoms with Gasteiger partial charge in [-0.3, -0.25) is 14.9 Å². The lowest BCUT2D eigenvalue weighted by Crippen LogP contribution is -2.30. The summed E-state index contributed by atoms with van der Waals surface area (Å²) in [5, 5.41) is 13.8. The minimum absolute atomic E-state index is 0.00248. The van der Waals surface area contributed by atoms with Gasteiger partial charge in [-0.15, -0.1) is 0 Å². The zero-order valence-corrected chi connectivity index (χ0v) is 11.9. The molecule has 3 fully saturated rings. The Labute approximate surface area is 126 Å². The highest BCUT2D eigenvalue weighted by Gasteiger charge is 2.65. The molecule has 1 aromatic rings. The maximum absolute atomic E-state index is 12.3. The molecule has 1 amide bonds. The average molecular weight is 308 g/mol. The van der Waals surface area contributed by atoms with Gasteiger partial charge in [-0.25, -0.2) is 4.98 Å². The number of fused-ring (bicyclic) bond motifs is 5. The Kier molecular flexibility index (Phi) is 2.73. The number of nitrogens with zero attached hydrogens (tertiary/aromatic N) is 2. The zero-order valence-electron chi connectivity index (χ0n) is 11.2. The fraction of sp³-hybridized carbons (Fsp3) is 0.571. The van der Waals surface area contributed by atoms with Crippen LogP contribution >= 0.6 is 11.6 Å². The van der Waals surface area contributed by atoms with Crippen LogP contribution in [-0.4, -0.2) is 21.9 Å². The van der Waals surface area contributed by atoms with E-state index < -0.39 is 16.5 Å². The summed E-state index contributed by atoms with van der Waals surface area (Å²) < 4.78 is 0. The Morgan fingerprint density at radius 3 is 2.67 bits per heavy atom. The van der Waals surface area contributed by atoms with Crippen molar-refractivity contribution in [3.05, 3.63) is 33.1 Å². The summed E-state index contributed by atoms with van der Waals surface area (Å²) in [5.74, 6) is 2.24. The highest BCUT2D eigenvalue weighted by molar-refractivity contribution is 6.32. The van der Waals surface area contributed by atoms with Crippen molar-refractivity contribution >= 4 is 23.2 Å².